The lowest BCUT2D eigenvalue weighted by Crippen LogP contribution is -2.46. The number of ether oxygens (including phenoxy) is 1. The topological polar surface area (TPSA) is 49.8 Å². The molecular formula is C18H19ClFNO3S. The number of carboxylic acid groups (broad SMARTS) is 1. The first-order valence-corrected chi connectivity index (χ1v) is 9.28. The standard InChI is InChI=1S/C18H19ClFNO3S/c1-24-14-6-5-11(10-12(14)20)17(15-7-8-16(19)25-15)21-9-3-2-4-13(21)18(22)23/h5-8,10,13,17H,2-4,9H2,1H3,(H,22,23). The molecule has 0 spiro atoms. The van der Waals surface area contributed by atoms with Crippen LogP contribution in [-0.2, 0) is 4.79 Å². The van der Waals surface area contributed by atoms with Crippen LogP contribution in [0.1, 0.15) is 35.7 Å². The fraction of sp³-hybridized carbons (Fsp3) is 0.389. The van der Waals surface area contributed by atoms with Crippen LogP contribution in [0.4, 0.5) is 4.39 Å². The van der Waals surface area contributed by atoms with Crippen LogP contribution in [0, 0.1) is 5.82 Å². The lowest BCUT2D eigenvalue weighted by molar-refractivity contribution is -0.145. The van der Waals surface area contributed by atoms with Crippen LogP contribution in [0.5, 0.6) is 5.75 Å². The van der Waals surface area contributed by atoms with Gasteiger partial charge >= 0.3 is 5.97 Å². The highest BCUT2D eigenvalue weighted by Crippen LogP contribution is 2.39. The van der Waals surface area contributed by atoms with Gasteiger partial charge in [0.15, 0.2) is 11.6 Å². The maximum absolute atomic E-state index is 14.3. The first-order chi connectivity index (χ1) is 12.0. The molecule has 1 fully saturated rings. The predicted octanol–water partition coefficient (Wildman–Crippen LogP) is 4.58. The molecule has 2 unspecified atom stereocenters. The zero-order valence-corrected chi connectivity index (χ0v) is 15.3. The first kappa shape index (κ1) is 18.2. The van der Waals surface area contributed by atoms with Crippen molar-refractivity contribution in [1.29, 1.82) is 0 Å². The van der Waals surface area contributed by atoms with Crippen molar-refractivity contribution in [3.63, 3.8) is 0 Å². The third kappa shape index (κ3) is 3.81. The molecule has 2 heterocycles. The molecule has 1 N–H and O–H groups in total. The zero-order valence-electron chi connectivity index (χ0n) is 13.7. The van der Waals surface area contributed by atoms with Crippen molar-refractivity contribution in [2.24, 2.45) is 0 Å². The van der Waals surface area contributed by atoms with E-state index in [1.807, 2.05) is 11.0 Å². The molecule has 1 aromatic heterocycles. The summed E-state index contributed by atoms with van der Waals surface area (Å²) in [5.74, 6) is -1.14. The number of hydrogen-bond acceptors (Lipinski definition) is 4. The minimum absolute atomic E-state index is 0.167. The Kier molecular flexibility index (Phi) is 5.61. The van der Waals surface area contributed by atoms with E-state index in [9.17, 15) is 14.3 Å². The molecule has 0 saturated carbocycles. The average molecular weight is 384 g/mol. The molecule has 0 aliphatic carbocycles. The van der Waals surface area contributed by atoms with Gasteiger partial charge in [0.1, 0.15) is 6.04 Å². The largest absolute Gasteiger partial charge is 0.494 e. The highest BCUT2D eigenvalue weighted by Gasteiger charge is 2.36. The quantitative estimate of drug-likeness (QED) is 0.821. The maximum atomic E-state index is 14.3. The molecule has 2 atom stereocenters. The molecule has 1 aliphatic heterocycles. The Morgan fingerprint density at radius 2 is 2.20 bits per heavy atom. The Balaban J connectivity index is 2.06. The molecule has 1 aliphatic rings. The minimum atomic E-state index is -0.846. The number of likely N-dealkylation sites (tertiary alicyclic amines) is 1. The fourth-order valence-electron chi connectivity index (χ4n) is 3.38. The number of aliphatic carboxylic acids is 1. The lowest BCUT2D eigenvalue weighted by Gasteiger charge is -2.39. The molecule has 0 radical (unpaired) electrons. The van der Waals surface area contributed by atoms with E-state index in [2.05, 4.69) is 0 Å². The van der Waals surface area contributed by atoms with Crippen LogP contribution >= 0.6 is 22.9 Å². The van der Waals surface area contributed by atoms with Crippen LogP contribution < -0.4 is 4.74 Å². The SMILES string of the molecule is COc1ccc(C(c2ccc(Cl)s2)N2CCCCC2C(=O)O)cc1F. The lowest BCUT2D eigenvalue weighted by atomic mass is 9.95. The van der Waals surface area contributed by atoms with Crippen LogP contribution in [0.25, 0.3) is 0 Å². The Morgan fingerprint density at radius 3 is 2.80 bits per heavy atom. The van der Waals surface area contributed by atoms with E-state index in [1.54, 1.807) is 18.2 Å². The fourth-order valence-corrected chi connectivity index (χ4v) is 4.59. The summed E-state index contributed by atoms with van der Waals surface area (Å²) in [5.41, 5.74) is 0.699. The predicted molar refractivity (Wildman–Crippen MR) is 96.1 cm³/mol. The minimum Gasteiger partial charge on any atom is -0.494 e. The molecule has 0 bridgehead atoms. The van der Waals surface area contributed by atoms with Crippen molar-refractivity contribution in [1.82, 2.24) is 4.90 Å². The van der Waals surface area contributed by atoms with Gasteiger partial charge < -0.3 is 9.84 Å². The van der Waals surface area contributed by atoms with Crippen molar-refractivity contribution in [3.8, 4) is 5.75 Å². The normalized spacial score (nSPS) is 19.6. The Bertz CT molecular complexity index is 767. The number of benzene rings is 1. The van der Waals surface area contributed by atoms with Crippen molar-refractivity contribution in [2.45, 2.75) is 31.3 Å². The number of nitrogens with zero attached hydrogens (tertiary/aromatic N) is 1. The average Bonchev–Trinajstić information content (AvgIpc) is 3.01. The molecule has 1 aromatic carbocycles. The summed E-state index contributed by atoms with van der Waals surface area (Å²) in [5, 5.41) is 9.63. The Morgan fingerprint density at radius 1 is 1.40 bits per heavy atom. The van der Waals surface area contributed by atoms with E-state index in [4.69, 9.17) is 16.3 Å². The van der Waals surface area contributed by atoms with Crippen LogP contribution in [-0.4, -0.2) is 35.7 Å². The summed E-state index contributed by atoms with van der Waals surface area (Å²) in [6.07, 6.45) is 2.38. The van der Waals surface area contributed by atoms with Gasteiger partial charge in [0.2, 0.25) is 0 Å². The second kappa shape index (κ2) is 7.72. The summed E-state index contributed by atoms with van der Waals surface area (Å²) in [4.78, 5) is 14.6. The summed E-state index contributed by atoms with van der Waals surface area (Å²) >= 11 is 7.49. The van der Waals surface area contributed by atoms with Crippen molar-refractivity contribution in [2.75, 3.05) is 13.7 Å². The van der Waals surface area contributed by atoms with Gasteiger partial charge in [-0.3, -0.25) is 9.69 Å². The number of carbonyl (C=O) groups is 1. The monoisotopic (exact) mass is 383 g/mol. The van der Waals surface area contributed by atoms with E-state index >= 15 is 0 Å². The number of thiophene rings is 1. The molecule has 4 nitrogen and oxygen atoms in total. The van der Waals surface area contributed by atoms with Crippen LogP contribution in [0.3, 0.4) is 0 Å². The molecule has 7 heteroatoms. The van der Waals surface area contributed by atoms with Gasteiger partial charge in [-0.2, -0.15) is 0 Å². The van der Waals surface area contributed by atoms with Crippen molar-refractivity contribution >= 4 is 28.9 Å². The number of methoxy groups -OCH3 is 1. The molecule has 1 saturated heterocycles. The second-order valence-electron chi connectivity index (χ2n) is 6.03. The maximum Gasteiger partial charge on any atom is 0.320 e. The van der Waals surface area contributed by atoms with Crippen molar-refractivity contribution < 1.29 is 19.0 Å². The van der Waals surface area contributed by atoms with Gasteiger partial charge in [0.05, 0.1) is 17.5 Å². The number of halogens is 2. The number of rotatable bonds is 5. The number of carboxylic acids is 1. The summed E-state index contributed by atoms with van der Waals surface area (Å²) < 4.78 is 19.9. The Hall–Kier alpha value is -1.63. The van der Waals surface area contributed by atoms with Gasteiger partial charge in [-0.25, -0.2) is 4.39 Å². The van der Waals surface area contributed by atoms with E-state index in [1.165, 1.54) is 24.5 Å². The smallest absolute Gasteiger partial charge is 0.320 e. The van der Waals surface area contributed by atoms with Gasteiger partial charge in [-0.15, -0.1) is 11.3 Å². The summed E-state index contributed by atoms with van der Waals surface area (Å²) in [7, 11) is 1.42. The highest BCUT2D eigenvalue weighted by molar-refractivity contribution is 7.16. The van der Waals surface area contributed by atoms with Gasteiger partial charge in [-0.1, -0.05) is 24.1 Å². The highest BCUT2D eigenvalue weighted by atomic mass is 35.5. The van der Waals surface area contributed by atoms with E-state index in [0.717, 1.165) is 17.7 Å². The summed E-state index contributed by atoms with van der Waals surface area (Å²) in [6, 6.07) is 7.51. The van der Waals surface area contributed by atoms with E-state index in [-0.39, 0.29) is 11.8 Å². The molecule has 0 amide bonds. The molecule has 3 rings (SSSR count). The van der Waals surface area contributed by atoms with Gasteiger partial charge in [-0.05, 0) is 49.2 Å². The molecule has 2 aromatic rings. The third-order valence-electron chi connectivity index (χ3n) is 4.52. The van der Waals surface area contributed by atoms with Gasteiger partial charge in [0, 0.05) is 4.88 Å². The second-order valence-corrected chi connectivity index (χ2v) is 7.77. The number of hydrogen-bond donors (Lipinski definition) is 1. The molecule has 25 heavy (non-hydrogen) atoms. The van der Waals surface area contributed by atoms with Crippen LogP contribution in [0.2, 0.25) is 4.34 Å². The van der Waals surface area contributed by atoms with E-state index in [0.29, 0.717) is 22.9 Å². The Labute approximate surface area is 154 Å². The van der Waals surface area contributed by atoms with E-state index < -0.39 is 17.8 Å². The van der Waals surface area contributed by atoms with Gasteiger partial charge in [0.25, 0.3) is 0 Å². The number of piperidine rings is 1. The summed E-state index contributed by atoms with van der Waals surface area (Å²) in [6.45, 7) is 0.644. The van der Waals surface area contributed by atoms with Crippen LogP contribution in [0.15, 0.2) is 30.3 Å². The van der Waals surface area contributed by atoms with Crippen molar-refractivity contribution in [3.05, 3.63) is 50.9 Å². The first-order valence-electron chi connectivity index (χ1n) is 8.08. The zero-order chi connectivity index (χ0) is 18.0. The molecule has 134 valence electrons. The third-order valence-corrected chi connectivity index (χ3v) is 5.80. The molecular weight excluding hydrogens is 365 g/mol.